The highest BCUT2D eigenvalue weighted by Gasteiger charge is 2.09. The van der Waals surface area contributed by atoms with Crippen molar-refractivity contribution in [3.63, 3.8) is 0 Å². The van der Waals surface area contributed by atoms with Gasteiger partial charge in [-0.25, -0.2) is 0 Å². The predicted molar refractivity (Wildman–Crippen MR) is 102 cm³/mol. The van der Waals surface area contributed by atoms with Crippen LogP contribution in [-0.4, -0.2) is 18.4 Å². The molecule has 2 amide bonds. The van der Waals surface area contributed by atoms with Crippen LogP contribution in [0.3, 0.4) is 0 Å². The van der Waals surface area contributed by atoms with E-state index in [0.29, 0.717) is 29.0 Å². The molecule has 140 valence electrons. The fourth-order valence-electron chi connectivity index (χ4n) is 2.38. The molecular formula is C21H23N3O3. The number of nitrogens with one attached hydrogen (secondary N) is 2. The van der Waals surface area contributed by atoms with Crippen LogP contribution in [0.2, 0.25) is 0 Å². The monoisotopic (exact) mass is 365 g/mol. The van der Waals surface area contributed by atoms with Gasteiger partial charge in [-0.2, -0.15) is 5.26 Å². The Hall–Kier alpha value is -3.33. The minimum atomic E-state index is -0.458. The number of ether oxygens (including phenoxy) is 1. The fraction of sp³-hybridized carbons (Fsp3) is 0.286. The van der Waals surface area contributed by atoms with Gasteiger partial charge in [0.2, 0.25) is 0 Å². The van der Waals surface area contributed by atoms with Crippen molar-refractivity contribution in [3.05, 3.63) is 65.2 Å². The number of amides is 2. The summed E-state index contributed by atoms with van der Waals surface area (Å²) in [5.74, 6) is -0.170. The van der Waals surface area contributed by atoms with E-state index in [1.807, 2.05) is 6.07 Å². The third-order valence-electron chi connectivity index (χ3n) is 3.95. The third kappa shape index (κ3) is 6.48. The lowest BCUT2D eigenvalue weighted by Crippen LogP contribution is -2.41. The van der Waals surface area contributed by atoms with E-state index in [1.165, 1.54) is 37.1 Å². The first-order valence-electron chi connectivity index (χ1n) is 8.97. The molecule has 0 saturated carbocycles. The van der Waals surface area contributed by atoms with Crippen LogP contribution in [0.5, 0.6) is 5.75 Å². The molecule has 2 aromatic rings. The van der Waals surface area contributed by atoms with Crippen LogP contribution in [0.1, 0.15) is 58.9 Å². The summed E-state index contributed by atoms with van der Waals surface area (Å²) in [6.45, 7) is 2.82. The van der Waals surface area contributed by atoms with Gasteiger partial charge in [0.25, 0.3) is 11.8 Å². The van der Waals surface area contributed by atoms with Gasteiger partial charge in [-0.1, -0.05) is 26.2 Å². The second-order valence-electron chi connectivity index (χ2n) is 6.03. The zero-order valence-electron chi connectivity index (χ0n) is 15.3. The van der Waals surface area contributed by atoms with Crippen molar-refractivity contribution in [2.45, 2.75) is 32.6 Å². The lowest BCUT2D eigenvalue weighted by atomic mass is 10.1. The van der Waals surface area contributed by atoms with Gasteiger partial charge in [0.1, 0.15) is 5.75 Å². The average molecular weight is 365 g/mol. The van der Waals surface area contributed by atoms with Crippen LogP contribution in [0.15, 0.2) is 48.5 Å². The van der Waals surface area contributed by atoms with E-state index in [1.54, 1.807) is 24.3 Å². The molecule has 0 fully saturated rings. The van der Waals surface area contributed by atoms with Gasteiger partial charge in [-0.15, -0.1) is 0 Å². The van der Waals surface area contributed by atoms with Crippen molar-refractivity contribution in [2.75, 3.05) is 6.61 Å². The molecule has 6 nitrogen and oxygen atoms in total. The summed E-state index contributed by atoms with van der Waals surface area (Å²) in [4.78, 5) is 24.1. The van der Waals surface area contributed by atoms with Crippen molar-refractivity contribution < 1.29 is 14.3 Å². The SMILES string of the molecule is CCCCCCOc1ccc(C(=O)NNC(=O)c2ccc(C#N)cc2)cc1. The maximum absolute atomic E-state index is 12.1. The van der Waals surface area contributed by atoms with Gasteiger partial charge in [-0.3, -0.25) is 20.4 Å². The Balaban J connectivity index is 1.79. The fourth-order valence-corrected chi connectivity index (χ4v) is 2.38. The average Bonchev–Trinajstić information content (AvgIpc) is 2.72. The van der Waals surface area contributed by atoms with E-state index < -0.39 is 11.8 Å². The number of nitriles is 1. The third-order valence-corrected chi connectivity index (χ3v) is 3.95. The molecule has 0 aliphatic carbocycles. The molecule has 0 atom stereocenters. The number of benzene rings is 2. The quantitative estimate of drug-likeness (QED) is 0.552. The predicted octanol–water partition coefficient (Wildman–Crippen LogP) is 3.59. The van der Waals surface area contributed by atoms with Crippen LogP contribution in [0.25, 0.3) is 0 Å². The molecule has 0 heterocycles. The number of rotatable bonds is 8. The number of hydrogen-bond acceptors (Lipinski definition) is 4. The second kappa shape index (κ2) is 10.6. The summed E-state index contributed by atoms with van der Waals surface area (Å²) in [5, 5.41) is 8.75. The Labute approximate surface area is 159 Å². The molecule has 0 bridgehead atoms. The molecule has 0 unspecified atom stereocenters. The van der Waals surface area contributed by atoms with E-state index >= 15 is 0 Å². The molecular weight excluding hydrogens is 342 g/mol. The maximum atomic E-state index is 12.1. The van der Waals surface area contributed by atoms with E-state index in [0.717, 1.165) is 12.8 Å². The van der Waals surface area contributed by atoms with E-state index in [-0.39, 0.29) is 0 Å². The minimum Gasteiger partial charge on any atom is -0.494 e. The number of carbonyl (C=O) groups excluding carboxylic acids is 2. The lowest BCUT2D eigenvalue weighted by Gasteiger charge is -2.09. The second-order valence-corrected chi connectivity index (χ2v) is 6.03. The van der Waals surface area contributed by atoms with Gasteiger partial charge in [0.15, 0.2) is 0 Å². The molecule has 0 radical (unpaired) electrons. The normalized spacial score (nSPS) is 9.93. The number of unbranched alkanes of at least 4 members (excludes halogenated alkanes) is 3. The Morgan fingerprint density at radius 1 is 0.889 bits per heavy atom. The van der Waals surface area contributed by atoms with Crippen LogP contribution in [-0.2, 0) is 0 Å². The summed E-state index contributed by atoms with van der Waals surface area (Å²) in [5.41, 5.74) is 5.94. The van der Waals surface area contributed by atoms with Gasteiger partial charge in [0, 0.05) is 11.1 Å². The summed E-state index contributed by atoms with van der Waals surface area (Å²) < 4.78 is 5.64. The number of hydrogen-bond donors (Lipinski definition) is 2. The van der Waals surface area contributed by atoms with Crippen molar-refractivity contribution in [2.24, 2.45) is 0 Å². The molecule has 0 saturated heterocycles. The zero-order chi connectivity index (χ0) is 19.5. The Morgan fingerprint density at radius 2 is 1.44 bits per heavy atom. The summed E-state index contributed by atoms with van der Waals surface area (Å²) in [6.07, 6.45) is 4.55. The van der Waals surface area contributed by atoms with Crippen molar-refractivity contribution in [1.82, 2.24) is 10.9 Å². The van der Waals surface area contributed by atoms with Gasteiger partial charge >= 0.3 is 0 Å². The first-order valence-corrected chi connectivity index (χ1v) is 8.97. The van der Waals surface area contributed by atoms with Crippen LogP contribution < -0.4 is 15.6 Å². The molecule has 6 heteroatoms. The number of nitrogens with zero attached hydrogens (tertiary/aromatic N) is 1. The molecule has 27 heavy (non-hydrogen) atoms. The van der Waals surface area contributed by atoms with E-state index in [2.05, 4.69) is 17.8 Å². The summed E-state index contributed by atoms with van der Waals surface area (Å²) in [7, 11) is 0. The maximum Gasteiger partial charge on any atom is 0.269 e. The van der Waals surface area contributed by atoms with E-state index in [9.17, 15) is 9.59 Å². The largest absolute Gasteiger partial charge is 0.494 e. The van der Waals surface area contributed by atoms with Gasteiger partial charge in [-0.05, 0) is 55.0 Å². The molecule has 0 aliphatic rings. The Morgan fingerprint density at radius 3 is 1.96 bits per heavy atom. The van der Waals surface area contributed by atoms with Gasteiger partial charge < -0.3 is 4.74 Å². The minimum absolute atomic E-state index is 0.348. The van der Waals surface area contributed by atoms with Crippen molar-refractivity contribution in [1.29, 1.82) is 5.26 Å². The van der Waals surface area contributed by atoms with Crippen LogP contribution in [0.4, 0.5) is 0 Å². The highest BCUT2D eigenvalue weighted by atomic mass is 16.5. The standard InChI is InChI=1S/C21H23N3O3/c1-2-3-4-5-14-27-19-12-10-18(11-13-19)21(26)24-23-20(25)17-8-6-16(15-22)7-9-17/h6-13H,2-5,14H2,1H3,(H,23,25)(H,24,26). The van der Waals surface area contributed by atoms with E-state index in [4.69, 9.17) is 10.00 Å². The highest BCUT2D eigenvalue weighted by molar-refractivity contribution is 5.99. The smallest absolute Gasteiger partial charge is 0.269 e. The van der Waals surface area contributed by atoms with Gasteiger partial charge in [0.05, 0.1) is 18.2 Å². The molecule has 2 aromatic carbocycles. The van der Waals surface area contributed by atoms with Crippen LogP contribution in [0, 0.1) is 11.3 Å². The zero-order valence-corrected chi connectivity index (χ0v) is 15.3. The summed E-state index contributed by atoms with van der Waals surface area (Å²) in [6, 6.07) is 14.9. The Bertz CT molecular complexity index is 793. The molecule has 0 aliphatic heterocycles. The van der Waals surface area contributed by atoms with Crippen molar-refractivity contribution in [3.8, 4) is 11.8 Å². The Kier molecular flexibility index (Phi) is 7.86. The molecule has 2 rings (SSSR count). The molecule has 0 spiro atoms. The number of hydrazine groups is 1. The first-order chi connectivity index (χ1) is 13.1. The topological polar surface area (TPSA) is 91.2 Å². The number of carbonyl (C=O) groups is 2. The summed E-state index contributed by atoms with van der Waals surface area (Å²) >= 11 is 0. The first kappa shape index (κ1) is 20.0. The van der Waals surface area contributed by atoms with Crippen LogP contribution >= 0.6 is 0 Å². The molecule has 0 aromatic heterocycles. The van der Waals surface area contributed by atoms with Crippen molar-refractivity contribution >= 4 is 11.8 Å². The lowest BCUT2D eigenvalue weighted by molar-refractivity contribution is 0.0846. The highest BCUT2D eigenvalue weighted by Crippen LogP contribution is 2.13. The molecule has 2 N–H and O–H groups in total.